The first-order valence-electron chi connectivity index (χ1n) is 7.75. The highest BCUT2D eigenvalue weighted by molar-refractivity contribution is 5.29. The molecule has 2 aromatic heterocycles. The molecule has 3 rings (SSSR count). The van der Waals surface area contributed by atoms with Gasteiger partial charge < -0.3 is 14.8 Å². The van der Waals surface area contributed by atoms with Crippen LogP contribution in [0.4, 0.5) is 5.95 Å². The van der Waals surface area contributed by atoms with E-state index in [4.69, 9.17) is 0 Å². The summed E-state index contributed by atoms with van der Waals surface area (Å²) in [7, 11) is 0. The van der Waals surface area contributed by atoms with Crippen LogP contribution in [0.25, 0.3) is 0 Å². The Labute approximate surface area is 126 Å². The molecule has 0 bridgehead atoms. The van der Waals surface area contributed by atoms with Crippen LogP contribution in [0, 0.1) is 0 Å². The highest BCUT2D eigenvalue weighted by Gasteiger charge is 2.21. The van der Waals surface area contributed by atoms with Crippen molar-refractivity contribution in [3.05, 3.63) is 42.5 Å². The Morgan fingerprint density at radius 1 is 1.33 bits per heavy atom. The SMILES string of the molecule is CCn1ccc(CNC2CCCN(c3ncccn3)C2)c1. The van der Waals surface area contributed by atoms with Crippen LogP contribution < -0.4 is 10.2 Å². The third-order valence-corrected chi connectivity index (χ3v) is 4.03. The van der Waals surface area contributed by atoms with Crippen molar-refractivity contribution < 1.29 is 0 Å². The van der Waals surface area contributed by atoms with E-state index in [0.29, 0.717) is 6.04 Å². The zero-order chi connectivity index (χ0) is 14.5. The maximum absolute atomic E-state index is 4.35. The van der Waals surface area contributed by atoms with Crippen molar-refractivity contribution in [1.82, 2.24) is 19.9 Å². The normalized spacial score (nSPS) is 18.9. The zero-order valence-electron chi connectivity index (χ0n) is 12.6. The summed E-state index contributed by atoms with van der Waals surface area (Å²) in [5.41, 5.74) is 1.35. The van der Waals surface area contributed by atoms with E-state index < -0.39 is 0 Å². The van der Waals surface area contributed by atoms with Crippen molar-refractivity contribution in [2.45, 2.75) is 38.9 Å². The lowest BCUT2D eigenvalue weighted by Crippen LogP contribution is -2.46. The second-order valence-corrected chi connectivity index (χ2v) is 5.57. The second-order valence-electron chi connectivity index (χ2n) is 5.57. The Hall–Kier alpha value is -1.88. The first-order valence-corrected chi connectivity index (χ1v) is 7.75. The predicted molar refractivity (Wildman–Crippen MR) is 84.2 cm³/mol. The second kappa shape index (κ2) is 6.72. The molecule has 0 radical (unpaired) electrons. The summed E-state index contributed by atoms with van der Waals surface area (Å²) in [6.45, 7) is 6.16. The van der Waals surface area contributed by atoms with E-state index in [0.717, 1.165) is 32.1 Å². The molecule has 1 atom stereocenters. The quantitative estimate of drug-likeness (QED) is 0.913. The molecule has 0 spiro atoms. The van der Waals surface area contributed by atoms with Crippen molar-refractivity contribution in [3.8, 4) is 0 Å². The van der Waals surface area contributed by atoms with Crippen LogP contribution in [0.5, 0.6) is 0 Å². The number of hydrogen-bond acceptors (Lipinski definition) is 4. The first-order chi connectivity index (χ1) is 10.3. The number of piperidine rings is 1. The molecular formula is C16H23N5. The van der Waals surface area contributed by atoms with Gasteiger partial charge in [0.2, 0.25) is 5.95 Å². The van der Waals surface area contributed by atoms with Crippen LogP contribution >= 0.6 is 0 Å². The summed E-state index contributed by atoms with van der Waals surface area (Å²) in [5, 5.41) is 3.66. The molecule has 1 aliphatic rings. The summed E-state index contributed by atoms with van der Waals surface area (Å²) in [6.07, 6.45) is 10.4. The van der Waals surface area contributed by atoms with Gasteiger partial charge in [-0.1, -0.05) is 0 Å². The first kappa shape index (κ1) is 14.1. The lowest BCUT2D eigenvalue weighted by atomic mass is 10.1. The molecule has 1 saturated heterocycles. The van der Waals surface area contributed by atoms with E-state index in [1.54, 1.807) is 0 Å². The molecule has 1 N–H and O–H groups in total. The van der Waals surface area contributed by atoms with Crippen molar-refractivity contribution in [2.75, 3.05) is 18.0 Å². The van der Waals surface area contributed by atoms with Gasteiger partial charge in [-0.2, -0.15) is 0 Å². The summed E-state index contributed by atoms with van der Waals surface area (Å²) in [5.74, 6) is 0.848. The lowest BCUT2D eigenvalue weighted by Gasteiger charge is -2.33. The Bertz CT molecular complexity index is 551. The fourth-order valence-corrected chi connectivity index (χ4v) is 2.83. The minimum Gasteiger partial charge on any atom is -0.354 e. The lowest BCUT2D eigenvalue weighted by molar-refractivity contribution is 0.418. The molecule has 0 amide bonds. The van der Waals surface area contributed by atoms with Crippen LogP contribution in [-0.4, -0.2) is 33.7 Å². The molecule has 5 nitrogen and oxygen atoms in total. The third kappa shape index (κ3) is 3.61. The van der Waals surface area contributed by atoms with E-state index in [1.165, 1.54) is 18.4 Å². The van der Waals surface area contributed by atoms with Crippen LogP contribution in [0.2, 0.25) is 0 Å². The molecule has 5 heteroatoms. The molecule has 112 valence electrons. The monoisotopic (exact) mass is 285 g/mol. The van der Waals surface area contributed by atoms with Gasteiger partial charge in [0.05, 0.1) is 0 Å². The summed E-state index contributed by atoms with van der Waals surface area (Å²) in [6, 6.07) is 4.56. The highest BCUT2D eigenvalue weighted by atomic mass is 15.3. The van der Waals surface area contributed by atoms with Gasteiger partial charge in [0.1, 0.15) is 0 Å². The van der Waals surface area contributed by atoms with E-state index in [1.807, 2.05) is 18.5 Å². The molecule has 1 unspecified atom stereocenters. The fraction of sp³-hybridized carbons (Fsp3) is 0.500. The number of hydrogen-bond donors (Lipinski definition) is 1. The smallest absolute Gasteiger partial charge is 0.225 e. The largest absolute Gasteiger partial charge is 0.354 e. The Balaban J connectivity index is 1.54. The molecule has 1 aliphatic heterocycles. The standard InChI is InChI=1S/C16H23N5/c1-2-20-10-6-14(12-20)11-19-15-5-3-9-21(13-15)16-17-7-4-8-18-16/h4,6-8,10,12,15,19H,2-3,5,9,11,13H2,1H3. The van der Waals surface area contributed by atoms with Gasteiger partial charge in [-0.05, 0) is 37.5 Å². The number of nitrogens with one attached hydrogen (secondary N) is 1. The topological polar surface area (TPSA) is 46.0 Å². The highest BCUT2D eigenvalue weighted by Crippen LogP contribution is 2.15. The van der Waals surface area contributed by atoms with Crippen LogP contribution in [-0.2, 0) is 13.1 Å². The average Bonchev–Trinajstić information content (AvgIpc) is 3.02. The minimum atomic E-state index is 0.507. The van der Waals surface area contributed by atoms with E-state index >= 15 is 0 Å². The molecule has 3 heterocycles. The molecule has 2 aromatic rings. The van der Waals surface area contributed by atoms with E-state index in [2.05, 4.69) is 50.1 Å². The maximum atomic E-state index is 4.35. The maximum Gasteiger partial charge on any atom is 0.225 e. The van der Waals surface area contributed by atoms with Gasteiger partial charge in [-0.15, -0.1) is 0 Å². The van der Waals surface area contributed by atoms with Gasteiger partial charge in [-0.25, -0.2) is 9.97 Å². The Morgan fingerprint density at radius 2 is 2.19 bits per heavy atom. The average molecular weight is 285 g/mol. The van der Waals surface area contributed by atoms with Crippen molar-refractivity contribution >= 4 is 5.95 Å². The molecule has 0 aromatic carbocycles. The van der Waals surface area contributed by atoms with E-state index in [-0.39, 0.29) is 0 Å². The number of nitrogens with zero attached hydrogens (tertiary/aromatic N) is 4. The summed E-state index contributed by atoms with van der Waals surface area (Å²) in [4.78, 5) is 11.0. The molecular weight excluding hydrogens is 262 g/mol. The zero-order valence-corrected chi connectivity index (χ0v) is 12.6. The van der Waals surface area contributed by atoms with Crippen molar-refractivity contribution in [2.24, 2.45) is 0 Å². The van der Waals surface area contributed by atoms with Crippen LogP contribution in [0.15, 0.2) is 36.9 Å². The minimum absolute atomic E-state index is 0.507. The Kier molecular flexibility index (Phi) is 4.50. The van der Waals surface area contributed by atoms with Gasteiger partial charge in [0, 0.05) is 57.0 Å². The number of anilines is 1. The number of rotatable bonds is 5. The summed E-state index contributed by atoms with van der Waals surface area (Å²) >= 11 is 0. The molecule has 0 aliphatic carbocycles. The molecule has 0 saturated carbocycles. The van der Waals surface area contributed by atoms with Crippen LogP contribution in [0.3, 0.4) is 0 Å². The van der Waals surface area contributed by atoms with Gasteiger partial charge in [-0.3, -0.25) is 0 Å². The van der Waals surface area contributed by atoms with Crippen LogP contribution in [0.1, 0.15) is 25.3 Å². The van der Waals surface area contributed by atoms with Gasteiger partial charge in [0.25, 0.3) is 0 Å². The molecule has 1 fully saturated rings. The van der Waals surface area contributed by atoms with Gasteiger partial charge in [0.15, 0.2) is 0 Å². The number of aryl methyl sites for hydroxylation is 1. The molecule has 21 heavy (non-hydrogen) atoms. The van der Waals surface area contributed by atoms with E-state index in [9.17, 15) is 0 Å². The van der Waals surface area contributed by atoms with Gasteiger partial charge >= 0.3 is 0 Å². The fourth-order valence-electron chi connectivity index (χ4n) is 2.83. The number of aromatic nitrogens is 3. The predicted octanol–water partition coefficient (Wildman–Crippen LogP) is 2.06. The third-order valence-electron chi connectivity index (χ3n) is 4.03. The Morgan fingerprint density at radius 3 is 2.95 bits per heavy atom. The van der Waals surface area contributed by atoms with Crippen molar-refractivity contribution in [1.29, 1.82) is 0 Å². The summed E-state index contributed by atoms with van der Waals surface area (Å²) < 4.78 is 2.21. The van der Waals surface area contributed by atoms with Crippen molar-refractivity contribution in [3.63, 3.8) is 0 Å².